The molecule has 1 aromatic rings. The Labute approximate surface area is 99.7 Å². The molecule has 2 saturated heterocycles. The van der Waals surface area contributed by atoms with Gasteiger partial charge in [-0.1, -0.05) is 23.7 Å². The number of ether oxygens (including phenoxy) is 2. The average Bonchev–Trinajstić information content (AvgIpc) is 2.91. The highest BCUT2D eigenvalue weighted by Crippen LogP contribution is 2.49. The summed E-state index contributed by atoms with van der Waals surface area (Å²) in [5.74, 6) is -0.611. The molecular formula is C12H14ClNO2. The lowest BCUT2D eigenvalue weighted by atomic mass is 10.0. The van der Waals surface area contributed by atoms with Crippen LogP contribution < -0.4 is 5.32 Å². The second-order valence-corrected chi connectivity index (χ2v) is 5.43. The summed E-state index contributed by atoms with van der Waals surface area (Å²) in [5.41, 5.74) is 0.941. The van der Waals surface area contributed by atoms with Crippen LogP contribution in [0.2, 0.25) is 5.02 Å². The molecule has 0 amide bonds. The van der Waals surface area contributed by atoms with Gasteiger partial charge < -0.3 is 9.47 Å². The second kappa shape index (κ2) is 3.20. The number of rotatable bonds is 1. The highest BCUT2D eigenvalue weighted by Gasteiger charge is 2.64. The van der Waals surface area contributed by atoms with E-state index in [1.165, 1.54) is 0 Å². The molecule has 0 bridgehead atoms. The Bertz CT molecular complexity index is 435. The van der Waals surface area contributed by atoms with E-state index in [9.17, 15) is 0 Å². The van der Waals surface area contributed by atoms with E-state index < -0.39 is 5.79 Å². The van der Waals surface area contributed by atoms with Crippen LogP contribution in [0.3, 0.4) is 0 Å². The summed E-state index contributed by atoms with van der Waals surface area (Å²) >= 11 is 5.97. The van der Waals surface area contributed by atoms with Crippen LogP contribution in [-0.4, -0.2) is 18.4 Å². The molecule has 16 heavy (non-hydrogen) atoms. The van der Waals surface area contributed by atoms with Crippen LogP contribution in [0.1, 0.15) is 19.4 Å². The van der Waals surface area contributed by atoms with Gasteiger partial charge in [0.15, 0.2) is 6.23 Å². The summed E-state index contributed by atoms with van der Waals surface area (Å²) in [6.45, 7) is 4.81. The summed E-state index contributed by atoms with van der Waals surface area (Å²) < 4.78 is 11.5. The normalized spacial score (nSPS) is 35.6. The van der Waals surface area contributed by atoms with Gasteiger partial charge in [0.2, 0.25) is 5.79 Å². The van der Waals surface area contributed by atoms with Crippen molar-refractivity contribution in [2.24, 2.45) is 0 Å². The zero-order valence-corrected chi connectivity index (χ0v) is 10.0. The standard InChI is InChI=1S/C12H14ClNO2/c1-11(2)7-15-12(10(14-11)16-12)8-4-3-5-9(13)6-8/h3-6,10,14H,7H2,1-2H3. The van der Waals surface area contributed by atoms with E-state index in [1.807, 2.05) is 24.3 Å². The third kappa shape index (κ3) is 1.55. The number of benzene rings is 1. The van der Waals surface area contributed by atoms with Gasteiger partial charge in [-0.15, -0.1) is 0 Å². The zero-order valence-electron chi connectivity index (χ0n) is 9.29. The monoisotopic (exact) mass is 239 g/mol. The van der Waals surface area contributed by atoms with Gasteiger partial charge in [0.05, 0.1) is 6.61 Å². The molecule has 2 atom stereocenters. The van der Waals surface area contributed by atoms with Crippen molar-refractivity contribution in [2.75, 3.05) is 6.61 Å². The molecule has 1 aromatic carbocycles. The fraction of sp³-hybridized carbons (Fsp3) is 0.500. The largest absolute Gasteiger partial charge is 0.341 e. The third-order valence-corrected chi connectivity index (χ3v) is 3.21. The smallest absolute Gasteiger partial charge is 0.238 e. The summed E-state index contributed by atoms with van der Waals surface area (Å²) in [4.78, 5) is 0. The minimum absolute atomic E-state index is 0.0385. The van der Waals surface area contributed by atoms with Gasteiger partial charge in [-0.3, -0.25) is 5.32 Å². The lowest BCUT2D eigenvalue weighted by molar-refractivity contribution is -0.0790. The van der Waals surface area contributed by atoms with E-state index >= 15 is 0 Å². The summed E-state index contributed by atoms with van der Waals surface area (Å²) in [6, 6.07) is 7.63. The molecule has 4 heteroatoms. The summed E-state index contributed by atoms with van der Waals surface area (Å²) in [5, 5.41) is 4.10. The summed E-state index contributed by atoms with van der Waals surface area (Å²) in [7, 11) is 0. The Balaban J connectivity index is 1.88. The number of morpholine rings is 1. The van der Waals surface area contributed by atoms with E-state index in [1.54, 1.807) is 0 Å². The Morgan fingerprint density at radius 3 is 2.94 bits per heavy atom. The lowest BCUT2D eigenvalue weighted by Gasteiger charge is -2.32. The number of halogens is 1. The van der Waals surface area contributed by atoms with E-state index in [-0.39, 0.29) is 11.8 Å². The van der Waals surface area contributed by atoms with Gasteiger partial charge in [-0.2, -0.15) is 0 Å². The van der Waals surface area contributed by atoms with Crippen molar-refractivity contribution in [1.29, 1.82) is 0 Å². The molecule has 3 rings (SSSR count). The van der Waals surface area contributed by atoms with E-state index in [4.69, 9.17) is 21.1 Å². The number of epoxide rings is 1. The molecule has 0 spiro atoms. The molecule has 2 fully saturated rings. The minimum Gasteiger partial charge on any atom is -0.341 e. The Morgan fingerprint density at radius 1 is 1.44 bits per heavy atom. The SMILES string of the molecule is CC1(C)COC2(c3cccc(Cl)c3)OC2N1. The molecule has 1 N–H and O–H groups in total. The first-order valence-corrected chi connectivity index (χ1v) is 5.75. The molecule has 2 heterocycles. The number of hydrogen-bond donors (Lipinski definition) is 1. The summed E-state index contributed by atoms with van der Waals surface area (Å²) in [6.07, 6.45) is -0.0604. The molecule has 0 aromatic heterocycles. The van der Waals surface area contributed by atoms with Crippen molar-refractivity contribution < 1.29 is 9.47 Å². The van der Waals surface area contributed by atoms with Crippen LogP contribution in [0.5, 0.6) is 0 Å². The van der Waals surface area contributed by atoms with E-state index in [0.29, 0.717) is 11.6 Å². The first-order valence-electron chi connectivity index (χ1n) is 5.37. The molecular weight excluding hydrogens is 226 g/mol. The fourth-order valence-electron chi connectivity index (χ4n) is 2.07. The molecule has 0 radical (unpaired) electrons. The van der Waals surface area contributed by atoms with Gasteiger partial charge in [0.1, 0.15) is 0 Å². The fourth-order valence-corrected chi connectivity index (χ4v) is 2.26. The van der Waals surface area contributed by atoms with Gasteiger partial charge in [0.25, 0.3) is 0 Å². The first-order chi connectivity index (χ1) is 7.52. The van der Waals surface area contributed by atoms with Crippen molar-refractivity contribution in [2.45, 2.75) is 31.4 Å². The predicted molar refractivity (Wildman–Crippen MR) is 61.2 cm³/mol. The lowest BCUT2D eigenvalue weighted by Crippen LogP contribution is -2.52. The van der Waals surface area contributed by atoms with Crippen molar-refractivity contribution in [3.8, 4) is 0 Å². The maximum atomic E-state index is 5.97. The van der Waals surface area contributed by atoms with Gasteiger partial charge in [0, 0.05) is 16.1 Å². The molecule has 2 aliphatic rings. The maximum Gasteiger partial charge on any atom is 0.238 e. The zero-order chi connectivity index (χ0) is 11.4. The van der Waals surface area contributed by atoms with Crippen molar-refractivity contribution >= 4 is 11.6 Å². The number of nitrogens with one attached hydrogen (secondary N) is 1. The van der Waals surface area contributed by atoms with Crippen LogP contribution in [-0.2, 0) is 15.3 Å². The first kappa shape index (κ1) is 10.5. The second-order valence-electron chi connectivity index (χ2n) is 4.99. The molecule has 0 aliphatic carbocycles. The quantitative estimate of drug-likeness (QED) is 0.764. The topological polar surface area (TPSA) is 33.8 Å². The highest BCUT2D eigenvalue weighted by atomic mass is 35.5. The van der Waals surface area contributed by atoms with Gasteiger partial charge in [-0.25, -0.2) is 0 Å². The van der Waals surface area contributed by atoms with Gasteiger partial charge >= 0.3 is 0 Å². The van der Waals surface area contributed by atoms with E-state index in [0.717, 1.165) is 5.56 Å². The van der Waals surface area contributed by atoms with Crippen molar-refractivity contribution in [1.82, 2.24) is 5.32 Å². The van der Waals surface area contributed by atoms with E-state index in [2.05, 4.69) is 19.2 Å². The molecule has 3 nitrogen and oxygen atoms in total. The maximum absolute atomic E-state index is 5.97. The molecule has 2 aliphatic heterocycles. The third-order valence-electron chi connectivity index (χ3n) is 2.98. The number of fused-ring (bicyclic) bond motifs is 1. The predicted octanol–water partition coefficient (Wildman–Crippen LogP) is 2.25. The van der Waals surface area contributed by atoms with Crippen LogP contribution >= 0.6 is 11.6 Å². The minimum atomic E-state index is -0.611. The van der Waals surface area contributed by atoms with Crippen LogP contribution in [0.25, 0.3) is 0 Å². The van der Waals surface area contributed by atoms with Crippen molar-refractivity contribution in [3.63, 3.8) is 0 Å². The molecule has 0 saturated carbocycles. The molecule has 86 valence electrons. The highest BCUT2D eigenvalue weighted by molar-refractivity contribution is 6.30. The van der Waals surface area contributed by atoms with Crippen molar-refractivity contribution in [3.05, 3.63) is 34.9 Å². The Kier molecular flexibility index (Phi) is 2.11. The van der Waals surface area contributed by atoms with Crippen LogP contribution in [0, 0.1) is 0 Å². The van der Waals surface area contributed by atoms with Crippen LogP contribution in [0.4, 0.5) is 0 Å². The average molecular weight is 240 g/mol. The number of hydrogen-bond acceptors (Lipinski definition) is 3. The van der Waals surface area contributed by atoms with Crippen LogP contribution in [0.15, 0.2) is 24.3 Å². The Hall–Kier alpha value is -0.610. The molecule has 2 unspecified atom stereocenters. The van der Waals surface area contributed by atoms with Gasteiger partial charge in [-0.05, 0) is 26.0 Å². The Morgan fingerprint density at radius 2 is 2.25 bits per heavy atom.